The fraction of sp³-hybridized carbons (Fsp3) is 0.533. The average Bonchev–Trinajstić information content (AvgIpc) is 2.98. The van der Waals surface area contributed by atoms with Crippen LogP contribution in [0.4, 0.5) is 0 Å². The van der Waals surface area contributed by atoms with Crippen LogP contribution in [0.5, 0.6) is 0 Å². The maximum absolute atomic E-state index is 12.2. The van der Waals surface area contributed by atoms with Crippen LogP contribution in [0, 0.1) is 6.92 Å². The number of amides is 1. The molecule has 2 rings (SSSR count). The molecule has 22 heavy (non-hydrogen) atoms. The van der Waals surface area contributed by atoms with Crippen LogP contribution in [-0.2, 0) is 19.6 Å². The maximum atomic E-state index is 12.2. The van der Waals surface area contributed by atoms with Crippen LogP contribution >= 0.6 is 0 Å². The van der Waals surface area contributed by atoms with Crippen LogP contribution in [0.1, 0.15) is 25.3 Å². The fourth-order valence-electron chi connectivity index (χ4n) is 2.24. The van der Waals surface area contributed by atoms with Crippen molar-refractivity contribution in [3.8, 4) is 0 Å². The van der Waals surface area contributed by atoms with Crippen molar-refractivity contribution in [3.05, 3.63) is 29.8 Å². The molecule has 0 aliphatic carbocycles. The first-order chi connectivity index (χ1) is 10.4. The molecule has 0 saturated carbocycles. The van der Waals surface area contributed by atoms with E-state index in [-0.39, 0.29) is 16.9 Å². The quantitative estimate of drug-likeness (QED) is 0.815. The summed E-state index contributed by atoms with van der Waals surface area (Å²) in [6.07, 6.45) is 1.95. The highest BCUT2D eigenvalue weighted by Gasteiger charge is 2.23. The highest BCUT2D eigenvalue weighted by atomic mass is 32.2. The first-order valence-corrected chi connectivity index (χ1v) is 8.85. The molecular formula is C15H22N2O4S. The number of aryl methyl sites for hydroxylation is 1. The summed E-state index contributed by atoms with van der Waals surface area (Å²) in [6.45, 7) is 4.53. The summed E-state index contributed by atoms with van der Waals surface area (Å²) in [7, 11) is -3.70. The Balaban J connectivity index is 1.90. The van der Waals surface area contributed by atoms with E-state index >= 15 is 0 Å². The predicted molar refractivity (Wildman–Crippen MR) is 82.9 cm³/mol. The summed E-state index contributed by atoms with van der Waals surface area (Å²) in [5, 5.41) is 2.72. The third kappa shape index (κ3) is 4.53. The van der Waals surface area contributed by atoms with Crippen molar-refractivity contribution in [2.24, 2.45) is 0 Å². The number of sulfonamides is 1. The Bertz CT molecular complexity index is 607. The molecular weight excluding hydrogens is 304 g/mol. The van der Waals surface area contributed by atoms with Crippen molar-refractivity contribution in [1.29, 1.82) is 0 Å². The van der Waals surface area contributed by atoms with Crippen molar-refractivity contribution in [2.75, 3.05) is 13.2 Å². The molecule has 1 aliphatic rings. The summed E-state index contributed by atoms with van der Waals surface area (Å²) in [4.78, 5) is 12.1. The Kier molecular flexibility index (Phi) is 5.55. The summed E-state index contributed by atoms with van der Waals surface area (Å²) < 4.78 is 32.2. The third-order valence-electron chi connectivity index (χ3n) is 3.58. The van der Waals surface area contributed by atoms with Gasteiger partial charge in [0.25, 0.3) is 0 Å². The van der Waals surface area contributed by atoms with Gasteiger partial charge in [0, 0.05) is 13.2 Å². The van der Waals surface area contributed by atoms with E-state index in [2.05, 4.69) is 10.0 Å². The number of carbonyl (C=O) groups excluding carboxylic acids is 1. The van der Waals surface area contributed by atoms with Gasteiger partial charge in [-0.15, -0.1) is 0 Å². The number of ether oxygens (including phenoxy) is 1. The Morgan fingerprint density at radius 3 is 2.64 bits per heavy atom. The van der Waals surface area contributed by atoms with Gasteiger partial charge in [-0.05, 0) is 38.8 Å². The highest BCUT2D eigenvalue weighted by molar-refractivity contribution is 7.89. The molecule has 1 aliphatic heterocycles. The first kappa shape index (κ1) is 16.9. The van der Waals surface area contributed by atoms with Gasteiger partial charge in [0.1, 0.15) is 0 Å². The van der Waals surface area contributed by atoms with Crippen molar-refractivity contribution < 1.29 is 17.9 Å². The Morgan fingerprint density at radius 1 is 1.36 bits per heavy atom. The number of nitrogens with one attached hydrogen (secondary N) is 2. The lowest BCUT2D eigenvalue weighted by Crippen LogP contribution is -2.46. The molecule has 6 nitrogen and oxygen atoms in total. The smallest absolute Gasteiger partial charge is 0.241 e. The molecule has 7 heteroatoms. The van der Waals surface area contributed by atoms with Crippen LogP contribution in [0.15, 0.2) is 29.2 Å². The second-order valence-corrected chi connectivity index (χ2v) is 7.25. The molecule has 2 atom stereocenters. The molecule has 0 spiro atoms. The standard InChI is InChI=1S/C15H22N2O4S/c1-11-5-7-14(8-6-11)22(19,20)17-12(2)15(18)16-10-13-4-3-9-21-13/h5-8,12-13,17H,3-4,9-10H2,1-2H3,(H,16,18)/t12-,13+/m0/s1. The van der Waals surface area contributed by atoms with Crippen molar-refractivity contribution in [2.45, 2.75) is 43.7 Å². The number of hydrogen-bond donors (Lipinski definition) is 2. The number of hydrogen-bond acceptors (Lipinski definition) is 4. The number of benzene rings is 1. The van der Waals surface area contributed by atoms with Crippen LogP contribution in [0.25, 0.3) is 0 Å². The monoisotopic (exact) mass is 326 g/mol. The molecule has 2 N–H and O–H groups in total. The van der Waals surface area contributed by atoms with Crippen molar-refractivity contribution >= 4 is 15.9 Å². The number of rotatable bonds is 6. The lowest BCUT2D eigenvalue weighted by Gasteiger charge is -2.16. The molecule has 1 aromatic carbocycles. The van der Waals surface area contributed by atoms with E-state index in [1.807, 2.05) is 6.92 Å². The van der Waals surface area contributed by atoms with E-state index in [9.17, 15) is 13.2 Å². The summed E-state index contributed by atoms with van der Waals surface area (Å²) >= 11 is 0. The van der Waals surface area contributed by atoms with Crippen LogP contribution in [0.2, 0.25) is 0 Å². The van der Waals surface area contributed by atoms with E-state index < -0.39 is 16.1 Å². The topological polar surface area (TPSA) is 84.5 Å². The van der Waals surface area contributed by atoms with Gasteiger partial charge < -0.3 is 10.1 Å². The molecule has 0 bridgehead atoms. The molecule has 0 unspecified atom stereocenters. The lowest BCUT2D eigenvalue weighted by atomic mass is 10.2. The van der Waals surface area contributed by atoms with Gasteiger partial charge in [-0.3, -0.25) is 4.79 Å². The minimum atomic E-state index is -3.70. The van der Waals surface area contributed by atoms with E-state index in [1.165, 1.54) is 19.1 Å². The van der Waals surface area contributed by atoms with E-state index in [4.69, 9.17) is 4.74 Å². The van der Waals surface area contributed by atoms with Gasteiger partial charge in [0.15, 0.2) is 0 Å². The van der Waals surface area contributed by atoms with E-state index in [0.29, 0.717) is 6.54 Å². The maximum Gasteiger partial charge on any atom is 0.241 e. The SMILES string of the molecule is Cc1ccc(S(=O)(=O)N[C@@H](C)C(=O)NC[C@H]2CCCO2)cc1. The van der Waals surface area contributed by atoms with Gasteiger partial charge in [-0.25, -0.2) is 8.42 Å². The normalized spacial score (nSPS) is 19.8. The summed E-state index contributed by atoms with van der Waals surface area (Å²) in [6, 6.07) is 5.64. The molecule has 0 aromatic heterocycles. The Labute approximate surface area is 131 Å². The van der Waals surface area contributed by atoms with Gasteiger partial charge in [-0.1, -0.05) is 17.7 Å². The van der Waals surface area contributed by atoms with E-state index in [0.717, 1.165) is 25.0 Å². The van der Waals surface area contributed by atoms with Gasteiger partial charge in [-0.2, -0.15) is 4.72 Å². The molecule has 122 valence electrons. The minimum absolute atomic E-state index is 0.0323. The number of carbonyl (C=O) groups is 1. The zero-order chi connectivity index (χ0) is 16.2. The Hall–Kier alpha value is -1.44. The van der Waals surface area contributed by atoms with Gasteiger partial charge in [0.05, 0.1) is 17.0 Å². The van der Waals surface area contributed by atoms with Crippen LogP contribution in [-0.4, -0.2) is 39.6 Å². The highest BCUT2D eigenvalue weighted by Crippen LogP contribution is 2.12. The second-order valence-electron chi connectivity index (χ2n) is 5.54. The lowest BCUT2D eigenvalue weighted by molar-refractivity contribution is -0.122. The zero-order valence-electron chi connectivity index (χ0n) is 12.8. The fourth-order valence-corrected chi connectivity index (χ4v) is 3.45. The minimum Gasteiger partial charge on any atom is -0.376 e. The van der Waals surface area contributed by atoms with Gasteiger partial charge >= 0.3 is 0 Å². The Morgan fingerprint density at radius 2 is 2.05 bits per heavy atom. The summed E-state index contributed by atoms with van der Waals surface area (Å²) in [5.41, 5.74) is 0.973. The predicted octanol–water partition coefficient (Wildman–Crippen LogP) is 0.957. The molecule has 1 fully saturated rings. The molecule has 1 heterocycles. The largest absolute Gasteiger partial charge is 0.376 e. The second kappa shape index (κ2) is 7.21. The molecule has 0 radical (unpaired) electrons. The first-order valence-electron chi connectivity index (χ1n) is 7.37. The van der Waals surface area contributed by atoms with Gasteiger partial charge in [0.2, 0.25) is 15.9 Å². The van der Waals surface area contributed by atoms with Crippen LogP contribution < -0.4 is 10.0 Å². The zero-order valence-corrected chi connectivity index (χ0v) is 13.7. The van der Waals surface area contributed by atoms with E-state index in [1.54, 1.807) is 12.1 Å². The van der Waals surface area contributed by atoms with Crippen molar-refractivity contribution in [1.82, 2.24) is 10.0 Å². The summed E-state index contributed by atoms with van der Waals surface area (Å²) in [5.74, 6) is -0.355. The third-order valence-corrected chi connectivity index (χ3v) is 5.14. The molecule has 1 saturated heterocycles. The van der Waals surface area contributed by atoms with Crippen LogP contribution in [0.3, 0.4) is 0 Å². The molecule has 1 aromatic rings. The molecule has 1 amide bonds. The van der Waals surface area contributed by atoms with Crippen molar-refractivity contribution in [3.63, 3.8) is 0 Å². The average molecular weight is 326 g/mol.